The largest absolute Gasteiger partial charge is 0.497 e. The molecule has 0 saturated heterocycles. The van der Waals surface area contributed by atoms with E-state index in [1.54, 1.807) is 25.4 Å². The van der Waals surface area contributed by atoms with E-state index in [0.717, 1.165) is 11.3 Å². The SMILES string of the molecule is COc1ccc(C(C)NC(=O)Cc2ccc(N)cn2)cc1. The van der Waals surface area contributed by atoms with Gasteiger partial charge in [-0.3, -0.25) is 9.78 Å². The van der Waals surface area contributed by atoms with Gasteiger partial charge in [0, 0.05) is 5.69 Å². The molecule has 0 aliphatic heterocycles. The van der Waals surface area contributed by atoms with Crippen LogP contribution in [0.15, 0.2) is 42.6 Å². The Morgan fingerprint density at radius 2 is 2.00 bits per heavy atom. The number of nitrogens with zero attached hydrogens (tertiary/aromatic N) is 1. The number of nitrogens with two attached hydrogens (primary N) is 1. The third kappa shape index (κ3) is 4.21. The van der Waals surface area contributed by atoms with E-state index in [1.165, 1.54) is 0 Å². The first-order valence-corrected chi connectivity index (χ1v) is 6.72. The van der Waals surface area contributed by atoms with Crippen LogP contribution in [0.25, 0.3) is 0 Å². The minimum absolute atomic E-state index is 0.0720. The van der Waals surface area contributed by atoms with Gasteiger partial charge in [0.25, 0.3) is 0 Å². The smallest absolute Gasteiger partial charge is 0.226 e. The Hall–Kier alpha value is -2.56. The lowest BCUT2D eigenvalue weighted by atomic mass is 10.1. The maximum atomic E-state index is 12.0. The number of methoxy groups -OCH3 is 1. The van der Waals surface area contributed by atoms with Crippen LogP contribution < -0.4 is 15.8 Å². The number of rotatable bonds is 5. The summed E-state index contributed by atoms with van der Waals surface area (Å²) < 4.78 is 5.11. The van der Waals surface area contributed by atoms with Crippen LogP contribution in [-0.2, 0) is 11.2 Å². The topological polar surface area (TPSA) is 77.2 Å². The predicted octanol–water partition coefficient (Wildman–Crippen LogP) is 2.09. The summed E-state index contributed by atoms with van der Waals surface area (Å²) >= 11 is 0. The number of pyridine rings is 1. The van der Waals surface area contributed by atoms with Gasteiger partial charge >= 0.3 is 0 Å². The Labute approximate surface area is 124 Å². The van der Waals surface area contributed by atoms with Crippen molar-refractivity contribution in [1.29, 1.82) is 0 Å². The lowest BCUT2D eigenvalue weighted by molar-refractivity contribution is -0.121. The maximum absolute atomic E-state index is 12.0. The van der Waals surface area contributed by atoms with Crippen molar-refractivity contribution in [3.63, 3.8) is 0 Å². The van der Waals surface area contributed by atoms with E-state index in [9.17, 15) is 4.79 Å². The highest BCUT2D eigenvalue weighted by atomic mass is 16.5. The summed E-state index contributed by atoms with van der Waals surface area (Å²) in [5.41, 5.74) is 7.87. The molecule has 1 aromatic heterocycles. The van der Waals surface area contributed by atoms with Crippen LogP contribution in [0.4, 0.5) is 5.69 Å². The van der Waals surface area contributed by atoms with E-state index in [2.05, 4.69) is 10.3 Å². The van der Waals surface area contributed by atoms with E-state index in [0.29, 0.717) is 11.4 Å². The van der Waals surface area contributed by atoms with E-state index in [1.807, 2.05) is 31.2 Å². The fourth-order valence-corrected chi connectivity index (χ4v) is 1.97. The Morgan fingerprint density at radius 1 is 1.29 bits per heavy atom. The van der Waals surface area contributed by atoms with Gasteiger partial charge in [0.1, 0.15) is 5.75 Å². The molecule has 0 bridgehead atoms. The van der Waals surface area contributed by atoms with Crippen LogP contribution in [0.1, 0.15) is 24.2 Å². The minimum atomic E-state index is -0.0735. The Bertz CT molecular complexity index is 594. The molecular formula is C16H19N3O2. The number of carbonyl (C=O) groups excluding carboxylic acids is 1. The zero-order chi connectivity index (χ0) is 15.2. The zero-order valence-electron chi connectivity index (χ0n) is 12.2. The molecule has 0 radical (unpaired) electrons. The molecular weight excluding hydrogens is 266 g/mol. The lowest BCUT2D eigenvalue weighted by Crippen LogP contribution is -2.28. The normalized spacial score (nSPS) is 11.7. The van der Waals surface area contributed by atoms with E-state index >= 15 is 0 Å². The number of nitrogens with one attached hydrogen (secondary N) is 1. The van der Waals surface area contributed by atoms with Gasteiger partial charge < -0.3 is 15.8 Å². The molecule has 0 saturated carbocycles. The number of ether oxygens (including phenoxy) is 1. The van der Waals surface area contributed by atoms with Crippen molar-refractivity contribution in [3.8, 4) is 5.75 Å². The first-order valence-electron chi connectivity index (χ1n) is 6.72. The third-order valence-corrected chi connectivity index (χ3v) is 3.18. The Balaban J connectivity index is 1.93. The number of carbonyl (C=O) groups is 1. The van der Waals surface area contributed by atoms with Gasteiger partial charge in [-0.15, -0.1) is 0 Å². The molecule has 2 aromatic rings. The highest BCUT2D eigenvalue weighted by Crippen LogP contribution is 2.17. The van der Waals surface area contributed by atoms with Crippen LogP contribution >= 0.6 is 0 Å². The first-order chi connectivity index (χ1) is 10.1. The van der Waals surface area contributed by atoms with Crippen molar-refractivity contribution < 1.29 is 9.53 Å². The van der Waals surface area contributed by atoms with Crippen molar-refractivity contribution in [1.82, 2.24) is 10.3 Å². The summed E-state index contributed by atoms with van der Waals surface area (Å²) in [6, 6.07) is 11.0. The van der Waals surface area contributed by atoms with Crippen LogP contribution in [0.2, 0.25) is 0 Å². The molecule has 1 aromatic carbocycles. The highest BCUT2D eigenvalue weighted by molar-refractivity contribution is 5.78. The second kappa shape index (κ2) is 6.74. The van der Waals surface area contributed by atoms with Crippen molar-refractivity contribution in [2.75, 3.05) is 12.8 Å². The van der Waals surface area contributed by atoms with Gasteiger partial charge in [-0.25, -0.2) is 0 Å². The predicted molar refractivity (Wildman–Crippen MR) is 81.9 cm³/mol. The summed E-state index contributed by atoms with van der Waals surface area (Å²) in [6.07, 6.45) is 1.79. The summed E-state index contributed by atoms with van der Waals surface area (Å²) in [4.78, 5) is 16.1. The number of aromatic nitrogens is 1. The zero-order valence-corrected chi connectivity index (χ0v) is 12.2. The molecule has 0 aliphatic carbocycles. The first kappa shape index (κ1) is 14.8. The van der Waals surface area contributed by atoms with Crippen LogP contribution in [0.5, 0.6) is 5.75 Å². The molecule has 5 nitrogen and oxygen atoms in total. The maximum Gasteiger partial charge on any atom is 0.226 e. The van der Waals surface area contributed by atoms with Gasteiger partial charge in [0.05, 0.1) is 31.5 Å². The van der Waals surface area contributed by atoms with Crippen LogP contribution in [0, 0.1) is 0 Å². The molecule has 1 heterocycles. The average Bonchev–Trinajstić information content (AvgIpc) is 2.49. The van der Waals surface area contributed by atoms with Gasteiger partial charge in [-0.1, -0.05) is 12.1 Å². The highest BCUT2D eigenvalue weighted by Gasteiger charge is 2.10. The second-order valence-electron chi connectivity index (χ2n) is 4.82. The number of amides is 1. The van der Waals surface area contributed by atoms with Crippen LogP contribution in [-0.4, -0.2) is 18.0 Å². The molecule has 3 N–H and O–H groups in total. The van der Waals surface area contributed by atoms with Crippen molar-refractivity contribution in [2.45, 2.75) is 19.4 Å². The Kier molecular flexibility index (Phi) is 4.77. The summed E-state index contributed by atoms with van der Waals surface area (Å²) in [7, 11) is 1.62. The number of hydrogen-bond acceptors (Lipinski definition) is 4. The Morgan fingerprint density at radius 3 is 2.57 bits per heavy atom. The number of benzene rings is 1. The fourth-order valence-electron chi connectivity index (χ4n) is 1.97. The minimum Gasteiger partial charge on any atom is -0.497 e. The number of anilines is 1. The molecule has 110 valence electrons. The molecule has 1 atom stereocenters. The summed E-state index contributed by atoms with van der Waals surface area (Å²) in [6.45, 7) is 1.94. The van der Waals surface area contributed by atoms with Gasteiger partial charge in [-0.05, 0) is 36.8 Å². The molecule has 0 fully saturated rings. The fraction of sp³-hybridized carbons (Fsp3) is 0.250. The molecule has 0 aliphatic rings. The van der Waals surface area contributed by atoms with E-state index in [4.69, 9.17) is 10.5 Å². The molecule has 1 unspecified atom stereocenters. The van der Waals surface area contributed by atoms with Gasteiger partial charge in [0.2, 0.25) is 5.91 Å². The van der Waals surface area contributed by atoms with E-state index in [-0.39, 0.29) is 18.4 Å². The molecule has 5 heteroatoms. The molecule has 21 heavy (non-hydrogen) atoms. The lowest BCUT2D eigenvalue weighted by Gasteiger charge is -2.14. The average molecular weight is 285 g/mol. The molecule has 1 amide bonds. The van der Waals surface area contributed by atoms with Gasteiger partial charge in [-0.2, -0.15) is 0 Å². The van der Waals surface area contributed by atoms with Crippen molar-refractivity contribution in [3.05, 3.63) is 53.9 Å². The molecule has 2 rings (SSSR count). The third-order valence-electron chi connectivity index (χ3n) is 3.18. The standard InChI is InChI=1S/C16H19N3O2/c1-11(12-3-7-15(21-2)8-4-12)19-16(20)9-14-6-5-13(17)10-18-14/h3-8,10-11H,9,17H2,1-2H3,(H,19,20). The quantitative estimate of drug-likeness (QED) is 0.882. The molecule has 0 spiro atoms. The summed E-state index contributed by atoms with van der Waals surface area (Å²) in [5, 5.41) is 2.95. The monoisotopic (exact) mass is 285 g/mol. The van der Waals surface area contributed by atoms with Crippen LogP contribution in [0.3, 0.4) is 0 Å². The summed E-state index contributed by atoms with van der Waals surface area (Å²) in [5.74, 6) is 0.721. The van der Waals surface area contributed by atoms with Gasteiger partial charge in [0.15, 0.2) is 0 Å². The second-order valence-corrected chi connectivity index (χ2v) is 4.82. The number of nitrogen functional groups attached to an aromatic ring is 1. The van der Waals surface area contributed by atoms with Crippen molar-refractivity contribution >= 4 is 11.6 Å². The van der Waals surface area contributed by atoms with Crippen molar-refractivity contribution in [2.24, 2.45) is 0 Å². The number of hydrogen-bond donors (Lipinski definition) is 2. The van der Waals surface area contributed by atoms with E-state index < -0.39 is 0 Å².